The third-order valence-electron chi connectivity index (χ3n) is 3.21. The van der Waals surface area contributed by atoms with Crippen LogP contribution in [0, 0.1) is 0 Å². The number of methoxy groups -OCH3 is 1. The molecule has 0 saturated carbocycles. The second-order valence-electron chi connectivity index (χ2n) is 5.46. The Bertz CT molecular complexity index is 506. The van der Waals surface area contributed by atoms with Crippen molar-refractivity contribution in [1.29, 1.82) is 0 Å². The quantitative estimate of drug-likeness (QED) is 0.183. The molecular formula is C18H31BrIN3O3. The maximum absolute atomic E-state index is 5.91. The molecule has 0 aliphatic rings. The summed E-state index contributed by atoms with van der Waals surface area (Å²) in [5, 5.41) is 6.54. The molecule has 6 nitrogen and oxygen atoms in total. The van der Waals surface area contributed by atoms with Gasteiger partial charge in [-0.25, -0.2) is 4.99 Å². The number of hydrogen-bond donors (Lipinski definition) is 2. The van der Waals surface area contributed by atoms with Gasteiger partial charge in [-0.05, 0) is 48.3 Å². The zero-order chi connectivity index (χ0) is 18.3. The molecule has 1 unspecified atom stereocenters. The second-order valence-corrected chi connectivity index (χ2v) is 6.32. The highest BCUT2D eigenvalue weighted by atomic mass is 127. The summed E-state index contributed by atoms with van der Waals surface area (Å²) in [5.41, 5.74) is 0. The molecule has 1 rings (SSSR count). The van der Waals surface area contributed by atoms with Crippen LogP contribution in [-0.4, -0.2) is 58.6 Å². The zero-order valence-corrected chi connectivity index (χ0v) is 19.7. The van der Waals surface area contributed by atoms with Crippen LogP contribution in [0.3, 0.4) is 0 Å². The smallest absolute Gasteiger partial charge is 0.191 e. The van der Waals surface area contributed by atoms with E-state index in [1.807, 2.05) is 38.1 Å². The molecule has 8 heteroatoms. The topological polar surface area (TPSA) is 64.1 Å². The van der Waals surface area contributed by atoms with E-state index in [0.717, 1.165) is 35.7 Å². The van der Waals surface area contributed by atoms with E-state index in [0.29, 0.717) is 26.4 Å². The minimum Gasteiger partial charge on any atom is -0.488 e. The molecule has 0 saturated heterocycles. The van der Waals surface area contributed by atoms with Crippen LogP contribution in [0.15, 0.2) is 33.7 Å². The van der Waals surface area contributed by atoms with Gasteiger partial charge in [0, 0.05) is 26.8 Å². The van der Waals surface area contributed by atoms with Gasteiger partial charge in [0.1, 0.15) is 11.9 Å². The molecule has 1 atom stereocenters. The van der Waals surface area contributed by atoms with Gasteiger partial charge in [-0.1, -0.05) is 12.1 Å². The molecule has 0 radical (unpaired) electrons. The molecule has 150 valence electrons. The molecule has 26 heavy (non-hydrogen) atoms. The van der Waals surface area contributed by atoms with Crippen molar-refractivity contribution in [2.45, 2.75) is 26.4 Å². The molecule has 1 aromatic rings. The minimum absolute atomic E-state index is 0. The highest BCUT2D eigenvalue weighted by Crippen LogP contribution is 2.24. The van der Waals surface area contributed by atoms with E-state index < -0.39 is 0 Å². The lowest BCUT2D eigenvalue weighted by Gasteiger charge is -2.16. The average Bonchev–Trinajstić information content (AvgIpc) is 2.60. The Balaban J connectivity index is 0.00000625. The van der Waals surface area contributed by atoms with Crippen LogP contribution in [0.4, 0.5) is 0 Å². The van der Waals surface area contributed by atoms with Gasteiger partial charge in [-0.3, -0.25) is 0 Å². The Hall–Kier alpha value is -0.580. The van der Waals surface area contributed by atoms with Gasteiger partial charge in [-0.15, -0.1) is 24.0 Å². The van der Waals surface area contributed by atoms with Gasteiger partial charge in [-0.2, -0.15) is 0 Å². The summed E-state index contributed by atoms with van der Waals surface area (Å²) in [5.74, 6) is 1.62. The van der Waals surface area contributed by atoms with Gasteiger partial charge in [0.15, 0.2) is 5.96 Å². The van der Waals surface area contributed by atoms with Crippen molar-refractivity contribution in [2.75, 3.05) is 46.6 Å². The molecular weight excluding hydrogens is 513 g/mol. The van der Waals surface area contributed by atoms with Crippen molar-refractivity contribution >= 4 is 45.9 Å². The van der Waals surface area contributed by atoms with E-state index in [-0.39, 0.29) is 30.1 Å². The van der Waals surface area contributed by atoms with Crippen LogP contribution >= 0.6 is 39.9 Å². The predicted molar refractivity (Wildman–Crippen MR) is 121 cm³/mol. The Morgan fingerprint density at radius 1 is 1.19 bits per heavy atom. The summed E-state index contributed by atoms with van der Waals surface area (Å²) in [6.07, 6.45) is 0.892. The van der Waals surface area contributed by atoms with Gasteiger partial charge >= 0.3 is 0 Å². The number of halogens is 2. The van der Waals surface area contributed by atoms with Gasteiger partial charge < -0.3 is 24.8 Å². The zero-order valence-electron chi connectivity index (χ0n) is 15.8. The number of nitrogens with zero attached hydrogens (tertiary/aromatic N) is 1. The molecule has 0 aliphatic carbocycles. The van der Waals surface area contributed by atoms with Crippen molar-refractivity contribution in [3.8, 4) is 5.75 Å². The third-order valence-corrected chi connectivity index (χ3v) is 3.86. The molecule has 0 amide bonds. The first-order chi connectivity index (χ1) is 12.2. The Labute approximate surface area is 182 Å². The number of ether oxygens (including phenoxy) is 3. The Kier molecular flexibility index (Phi) is 16.2. The highest BCUT2D eigenvalue weighted by Gasteiger charge is 2.07. The maximum atomic E-state index is 5.91. The van der Waals surface area contributed by atoms with Crippen molar-refractivity contribution in [2.24, 2.45) is 4.99 Å². The first kappa shape index (κ1) is 25.4. The number of aliphatic imine (C=N–C) groups is 1. The van der Waals surface area contributed by atoms with Crippen LogP contribution < -0.4 is 15.4 Å². The highest BCUT2D eigenvalue weighted by molar-refractivity contribution is 14.0. The molecule has 2 N–H and O–H groups in total. The third kappa shape index (κ3) is 11.9. The number of rotatable bonds is 12. The number of guanidine groups is 1. The van der Waals surface area contributed by atoms with E-state index in [1.165, 1.54) is 0 Å². The SMILES string of the molecule is CCNC(=NCC(C)Oc1ccccc1Br)NCCCOCCOC.I. The van der Waals surface area contributed by atoms with E-state index in [1.54, 1.807) is 7.11 Å². The van der Waals surface area contributed by atoms with Crippen LogP contribution in [0.5, 0.6) is 5.75 Å². The summed E-state index contributed by atoms with van der Waals surface area (Å²) in [6.45, 7) is 8.22. The lowest BCUT2D eigenvalue weighted by molar-refractivity contribution is 0.0698. The van der Waals surface area contributed by atoms with Gasteiger partial charge in [0.05, 0.1) is 24.2 Å². The molecule has 0 fully saturated rings. The number of benzene rings is 1. The standard InChI is InChI=1S/C18H30BrN3O3.HI/c1-4-20-18(21-10-7-11-24-13-12-23-3)22-14-15(2)25-17-9-6-5-8-16(17)19;/h5-6,8-9,15H,4,7,10-14H2,1-3H3,(H2,20,21,22);1H. The van der Waals surface area contributed by atoms with E-state index >= 15 is 0 Å². The molecule has 0 heterocycles. The minimum atomic E-state index is -0.0217. The van der Waals surface area contributed by atoms with E-state index in [2.05, 4.69) is 31.6 Å². The van der Waals surface area contributed by atoms with Crippen molar-refractivity contribution < 1.29 is 14.2 Å². The molecule has 0 aromatic heterocycles. The van der Waals surface area contributed by atoms with E-state index in [9.17, 15) is 0 Å². The number of nitrogens with one attached hydrogen (secondary N) is 2. The molecule has 0 aliphatic heterocycles. The van der Waals surface area contributed by atoms with E-state index in [4.69, 9.17) is 14.2 Å². The Morgan fingerprint density at radius 3 is 2.65 bits per heavy atom. The fourth-order valence-electron chi connectivity index (χ4n) is 1.98. The van der Waals surface area contributed by atoms with Crippen molar-refractivity contribution in [3.05, 3.63) is 28.7 Å². The molecule has 0 bridgehead atoms. The van der Waals surface area contributed by atoms with Crippen LogP contribution in [0.1, 0.15) is 20.3 Å². The van der Waals surface area contributed by atoms with Crippen molar-refractivity contribution in [1.82, 2.24) is 10.6 Å². The van der Waals surface area contributed by atoms with Crippen LogP contribution in [-0.2, 0) is 9.47 Å². The fraction of sp³-hybridized carbons (Fsp3) is 0.611. The fourth-order valence-corrected chi connectivity index (χ4v) is 2.36. The summed E-state index contributed by atoms with van der Waals surface area (Å²) in [6, 6.07) is 7.82. The monoisotopic (exact) mass is 543 g/mol. The summed E-state index contributed by atoms with van der Waals surface area (Å²) in [4.78, 5) is 4.58. The first-order valence-electron chi connectivity index (χ1n) is 8.67. The summed E-state index contributed by atoms with van der Waals surface area (Å²) < 4.78 is 17.2. The molecule has 1 aromatic carbocycles. The summed E-state index contributed by atoms with van der Waals surface area (Å²) in [7, 11) is 1.67. The normalized spacial score (nSPS) is 12.2. The van der Waals surface area contributed by atoms with Gasteiger partial charge in [0.25, 0.3) is 0 Å². The Morgan fingerprint density at radius 2 is 1.96 bits per heavy atom. The van der Waals surface area contributed by atoms with Crippen LogP contribution in [0.2, 0.25) is 0 Å². The van der Waals surface area contributed by atoms with Crippen LogP contribution in [0.25, 0.3) is 0 Å². The second kappa shape index (κ2) is 16.6. The largest absolute Gasteiger partial charge is 0.488 e. The average molecular weight is 544 g/mol. The number of para-hydroxylation sites is 1. The predicted octanol–water partition coefficient (Wildman–Crippen LogP) is 3.44. The van der Waals surface area contributed by atoms with Gasteiger partial charge in [0.2, 0.25) is 0 Å². The molecule has 0 spiro atoms. The lowest BCUT2D eigenvalue weighted by Crippen LogP contribution is -2.38. The summed E-state index contributed by atoms with van der Waals surface area (Å²) >= 11 is 3.49. The maximum Gasteiger partial charge on any atom is 0.191 e. The lowest BCUT2D eigenvalue weighted by atomic mass is 10.3. The van der Waals surface area contributed by atoms with Crippen molar-refractivity contribution in [3.63, 3.8) is 0 Å². The number of hydrogen-bond acceptors (Lipinski definition) is 4. The first-order valence-corrected chi connectivity index (χ1v) is 9.46.